The normalized spacial score (nSPS) is 32.0. The molecule has 2 aliphatic rings. The Bertz CT molecular complexity index is 765. The van der Waals surface area contributed by atoms with Gasteiger partial charge in [-0.15, -0.1) is 0 Å². The van der Waals surface area contributed by atoms with E-state index in [4.69, 9.17) is 9.84 Å². The molecular formula is C14H17N3O5. The summed E-state index contributed by atoms with van der Waals surface area (Å²) in [6, 6.07) is 1.94. The molecule has 8 heteroatoms. The second-order valence-electron chi connectivity index (χ2n) is 5.96. The molecule has 22 heavy (non-hydrogen) atoms. The summed E-state index contributed by atoms with van der Waals surface area (Å²) in [6.45, 7) is -0.435. The molecule has 0 radical (unpaired) electrons. The van der Waals surface area contributed by atoms with Crippen molar-refractivity contribution in [2.75, 3.05) is 6.61 Å². The summed E-state index contributed by atoms with van der Waals surface area (Å²) >= 11 is 0. The van der Waals surface area contributed by atoms with E-state index >= 15 is 0 Å². The molecule has 0 amide bonds. The first-order valence-electron chi connectivity index (χ1n) is 7.32. The molecule has 0 unspecified atom stereocenters. The average Bonchev–Trinajstić information content (AvgIpc) is 3.21. The SMILES string of the molecule is O=c1nc2[nH]c(C3CC3)cc2cn1[C@@H]1O[C@H](CO)[C@@H](O)[C@@H]1O. The highest BCUT2D eigenvalue weighted by atomic mass is 16.6. The second-order valence-corrected chi connectivity index (χ2v) is 5.96. The van der Waals surface area contributed by atoms with Gasteiger partial charge in [-0.2, -0.15) is 4.98 Å². The van der Waals surface area contributed by atoms with E-state index in [1.807, 2.05) is 6.07 Å². The van der Waals surface area contributed by atoms with Crippen LogP contribution in [0.15, 0.2) is 17.1 Å². The fourth-order valence-electron chi connectivity index (χ4n) is 2.94. The lowest BCUT2D eigenvalue weighted by molar-refractivity contribution is -0.0547. The van der Waals surface area contributed by atoms with Crippen LogP contribution < -0.4 is 5.69 Å². The Morgan fingerprint density at radius 1 is 1.36 bits per heavy atom. The van der Waals surface area contributed by atoms with Crippen molar-refractivity contribution in [2.24, 2.45) is 0 Å². The molecule has 118 valence electrons. The quantitative estimate of drug-likeness (QED) is 0.590. The molecule has 4 atom stereocenters. The molecule has 2 aromatic heterocycles. The monoisotopic (exact) mass is 307 g/mol. The largest absolute Gasteiger partial charge is 0.394 e. The minimum atomic E-state index is -1.30. The maximum Gasteiger partial charge on any atom is 0.351 e. The van der Waals surface area contributed by atoms with Gasteiger partial charge in [0.25, 0.3) is 0 Å². The highest BCUT2D eigenvalue weighted by molar-refractivity contribution is 5.75. The third kappa shape index (κ3) is 2.07. The molecule has 2 aromatic rings. The number of ether oxygens (including phenoxy) is 1. The van der Waals surface area contributed by atoms with Crippen molar-refractivity contribution < 1.29 is 20.1 Å². The fraction of sp³-hybridized carbons (Fsp3) is 0.571. The van der Waals surface area contributed by atoms with Gasteiger partial charge < -0.3 is 25.0 Å². The number of hydrogen-bond acceptors (Lipinski definition) is 6. The van der Waals surface area contributed by atoms with Gasteiger partial charge in [0.1, 0.15) is 24.0 Å². The number of rotatable bonds is 3. The van der Waals surface area contributed by atoms with E-state index in [1.54, 1.807) is 6.20 Å². The second kappa shape index (κ2) is 4.88. The van der Waals surface area contributed by atoms with E-state index in [1.165, 1.54) is 0 Å². The van der Waals surface area contributed by atoms with Crippen molar-refractivity contribution in [3.63, 3.8) is 0 Å². The number of aromatic nitrogens is 3. The first-order valence-corrected chi connectivity index (χ1v) is 7.32. The lowest BCUT2D eigenvalue weighted by Gasteiger charge is -2.16. The molecule has 8 nitrogen and oxygen atoms in total. The molecule has 0 aromatic carbocycles. The number of nitrogens with zero attached hydrogens (tertiary/aromatic N) is 2. The summed E-state index contributed by atoms with van der Waals surface area (Å²) in [7, 11) is 0. The van der Waals surface area contributed by atoms with Crippen molar-refractivity contribution in [2.45, 2.75) is 43.3 Å². The third-order valence-electron chi connectivity index (χ3n) is 4.36. The maximum absolute atomic E-state index is 12.2. The van der Waals surface area contributed by atoms with Crippen LogP contribution in [-0.2, 0) is 4.74 Å². The molecular weight excluding hydrogens is 290 g/mol. The third-order valence-corrected chi connectivity index (χ3v) is 4.36. The number of fused-ring (bicyclic) bond motifs is 1. The van der Waals surface area contributed by atoms with Crippen molar-refractivity contribution >= 4 is 11.0 Å². The first kappa shape index (κ1) is 13.9. The van der Waals surface area contributed by atoms with Crippen molar-refractivity contribution in [1.29, 1.82) is 0 Å². The molecule has 1 saturated heterocycles. The fourth-order valence-corrected chi connectivity index (χ4v) is 2.94. The molecule has 3 heterocycles. The van der Waals surface area contributed by atoms with Crippen LogP contribution in [-0.4, -0.2) is 54.8 Å². The van der Waals surface area contributed by atoms with Gasteiger partial charge >= 0.3 is 5.69 Å². The Kier molecular flexibility index (Phi) is 3.08. The van der Waals surface area contributed by atoms with Gasteiger partial charge in [0, 0.05) is 17.3 Å². The van der Waals surface area contributed by atoms with Gasteiger partial charge in [-0.05, 0) is 24.8 Å². The lowest BCUT2D eigenvalue weighted by Crippen LogP contribution is -2.35. The lowest BCUT2D eigenvalue weighted by atomic mass is 10.1. The van der Waals surface area contributed by atoms with Crippen LogP contribution in [0.1, 0.15) is 30.7 Å². The van der Waals surface area contributed by atoms with Crippen LogP contribution in [0.5, 0.6) is 0 Å². The highest BCUT2D eigenvalue weighted by Crippen LogP contribution is 2.40. The van der Waals surface area contributed by atoms with Crippen LogP contribution in [0, 0.1) is 0 Å². The van der Waals surface area contributed by atoms with E-state index in [-0.39, 0.29) is 0 Å². The maximum atomic E-state index is 12.2. The minimum Gasteiger partial charge on any atom is -0.394 e. The Morgan fingerprint density at radius 3 is 2.77 bits per heavy atom. The number of aliphatic hydroxyl groups is 3. The van der Waals surface area contributed by atoms with Crippen LogP contribution in [0.25, 0.3) is 11.0 Å². The van der Waals surface area contributed by atoms with Crippen LogP contribution in [0.3, 0.4) is 0 Å². The van der Waals surface area contributed by atoms with Crippen LogP contribution in [0.4, 0.5) is 0 Å². The molecule has 4 rings (SSSR count). The zero-order valence-electron chi connectivity index (χ0n) is 11.7. The summed E-state index contributed by atoms with van der Waals surface area (Å²) in [6.07, 6.45) is -0.695. The zero-order chi connectivity index (χ0) is 15.4. The minimum absolute atomic E-state index is 0.435. The van der Waals surface area contributed by atoms with E-state index in [2.05, 4.69) is 9.97 Å². The number of aromatic amines is 1. The number of nitrogens with one attached hydrogen (secondary N) is 1. The van der Waals surface area contributed by atoms with E-state index in [9.17, 15) is 15.0 Å². The van der Waals surface area contributed by atoms with E-state index < -0.39 is 36.8 Å². The van der Waals surface area contributed by atoms with Crippen LogP contribution in [0.2, 0.25) is 0 Å². The molecule has 1 aliphatic carbocycles. The van der Waals surface area contributed by atoms with Gasteiger partial charge in [-0.25, -0.2) is 4.79 Å². The molecule has 1 saturated carbocycles. The van der Waals surface area contributed by atoms with Crippen LogP contribution >= 0.6 is 0 Å². The Hall–Kier alpha value is -1.74. The summed E-state index contributed by atoms with van der Waals surface area (Å²) in [5, 5.41) is 29.7. The van der Waals surface area contributed by atoms with Gasteiger partial charge in [0.05, 0.1) is 6.61 Å². The number of hydrogen-bond donors (Lipinski definition) is 4. The van der Waals surface area contributed by atoms with Gasteiger partial charge in [-0.1, -0.05) is 0 Å². The Balaban J connectivity index is 1.75. The number of H-pyrrole nitrogens is 1. The van der Waals surface area contributed by atoms with Crippen molar-refractivity contribution in [3.8, 4) is 0 Å². The van der Waals surface area contributed by atoms with Gasteiger partial charge in [-0.3, -0.25) is 4.57 Å². The summed E-state index contributed by atoms with van der Waals surface area (Å²) in [4.78, 5) is 19.3. The van der Waals surface area contributed by atoms with Crippen molar-refractivity contribution in [3.05, 3.63) is 28.4 Å². The Labute approximate surface area is 125 Å². The summed E-state index contributed by atoms with van der Waals surface area (Å²) in [5.41, 5.74) is 0.988. The Morgan fingerprint density at radius 2 is 2.14 bits per heavy atom. The smallest absolute Gasteiger partial charge is 0.351 e. The standard InChI is InChI=1S/C14H17N3O5/c18-5-9-10(19)11(20)13(22-9)17-4-7-3-8(6-1-2-6)15-12(7)16-14(17)21/h3-4,6,9-11,13,18-20H,1-2,5H2,(H,15,16,21)/t9-,10-,11+,13-/m1/s1. The first-order chi connectivity index (χ1) is 10.6. The van der Waals surface area contributed by atoms with E-state index in [0.717, 1.165) is 28.5 Å². The van der Waals surface area contributed by atoms with Gasteiger partial charge in [0.15, 0.2) is 6.23 Å². The molecule has 0 bridgehead atoms. The average molecular weight is 307 g/mol. The molecule has 2 fully saturated rings. The molecule has 4 N–H and O–H groups in total. The topological polar surface area (TPSA) is 121 Å². The summed E-state index contributed by atoms with van der Waals surface area (Å²) in [5.74, 6) is 0.506. The molecule has 0 spiro atoms. The summed E-state index contributed by atoms with van der Waals surface area (Å²) < 4.78 is 6.54. The van der Waals surface area contributed by atoms with Crippen molar-refractivity contribution in [1.82, 2.24) is 14.5 Å². The predicted molar refractivity (Wildman–Crippen MR) is 75.3 cm³/mol. The highest BCUT2D eigenvalue weighted by Gasteiger charge is 2.43. The molecule has 1 aliphatic heterocycles. The van der Waals surface area contributed by atoms with E-state index in [0.29, 0.717) is 11.6 Å². The zero-order valence-corrected chi connectivity index (χ0v) is 11.7. The number of aliphatic hydroxyl groups excluding tert-OH is 3. The predicted octanol–water partition coefficient (Wildman–Crippen LogP) is -0.787. The van der Waals surface area contributed by atoms with Gasteiger partial charge in [0.2, 0.25) is 0 Å².